The standard InChI is InChI=1S/C21H26N6O/c1-4-28-20-17(11-8-12-23-20)13-25-21(22-2)27(3)15-19-24-14-18(26-19)16-9-6-5-7-10-16/h5-12,14H,4,13,15H2,1-3H3,(H,22,25)(H,24,26). The molecule has 7 nitrogen and oxygen atoms in total. The number of hydrogen-bond donors (Lipinski definition) is 2. The Kier molecular flexibility index (Phi) is 6.62. The molecule has 0 atom stereocenters. The third-order valence-electron chi connectivity index (χ3n) is 4.24. The molecule has 0 aliphatic heterocycles. The molecular weight excluding hydrogens is 352 g/mol. The number of imidazole rings is 1. The van der Waals surface area contributed by atoms with E-state index in [2.05, 4.69) is 37.4 Å². The van der Waals surface area contributed by atoms with Crippen LogP contribution in [0.4, 0.5) is 0 Å². The van der Waals surface area contributed by atoms with E-state index in [1.165, 1.54) is 0 Å². The number of hydrogen-bond acceptors (Lipinski definition) is 4. The fourth-order valence-electron chi connectivity index (χ4n) is 2.89. The van der Waals surface area contributed by atoms with E-state index in [4.69, 9.17) is 4.74 Å². The molecule has 0 saturated heterocycles. The van der Waals surface area contributed by atoms with Gasteiger partial charge in [0.05, 0.1) is 25.0 Å². The molecular formula is C21H26N6O. The summed E-state index contributed by atoms with van der Waals surface area (Å²) in [5, 5.41) is 3.36. The summed E-state index contributed by atoms with van der Waals surface area (Å²) in [7, 11) is 3.75. The number of aromatic nitrogens is 3. The summed E-state index contributed by atoms with van der Waals surface area (Å²) >= 11 is 0. The first-order valence-corrected chi connectivity index (χ1v) is 9.29. The van der Waals surface area contributed by atoms with Crippen molar-refractivity contribution in [3.05, 3.63) is 66.2 Å². The summed E-state index contributed by atoms with van der Waals surface area (Å²) in [5.41, 5.74) is 3.11. The lowest BCUT2D eigenvalue weighted by atomic mass is 10.2. The Morgan fingerprint density at radius 3 is 2.75 bits per heavy atom. The molecule has 2 aromatic heterocycles. The second-order valence-electron chi connectivity index (χ2n) is 6.27. The van der Waals surface area contributed by atoms with E-state index in [-0.39, 0.29) is 0 Å². The average Bonchev–Trinajstić information content (AvgIpc) is 3.19. The average molecular weight is 378 g/mol. The minimum atomic E-state index is 0.577. The Morgan fingerprint density at radius 1 is 1.18 bits per heavy atom. The maximum Gasteiger partial charge on any atom is 0.218 e. The van der Waals surface area contributed by atoms with Gasteiger partial charge in [0.1, 0.15) is 5.82 Å². The number of rotatable bonds is 7. The van der Waals surface area contributed by atoms with Crippen molar-refractivity contribution >= 4 is 5.96 Å². The monoisotopic (exact) mass is 378 g/mol. The third kappa shape index (κ3) is 4.88. The summed E-state index contributed by atoms with van der Waals surface area (Å²) < 4.78 is 5.58. The first kappa shape index (κ1) is 19.4. The highest BCUT2D eigenvalue weighted by atomic mass is 16.5. The highest BCUT2D eigenvalue weighted by Crippen LogP contribution is 2.17. The number of H-pyrrole nitrogens is 1. The fraction of sp³-hybridized carbons (Fsp3) is 0.286. The molecule has 146 valence electrons. The fourth-order valence-corrected chi connectivity index (χ4v) is 2.89. The van der Waals surface area contributed by atoms with Crippen molar-refractivity contribution in [1.82, 2.24) is 25.2 Å². The topological polar surface area (TPSA) is 78.4 Å². The van der Waals surface area contributed by atoms with Crippen molar-refractivity contribution < 1.29 is 4.74 Å². The van der Waals surface area contributed by atoms with Crippen molar-refractivity contribution in [2.45, 2.75) is 20.0 Å². The first-order valence-electron chi connectivity index (χ1n) is 9.29. The molecule has 2 heterocycles. The summed E-state index contributed by atoms with van der Waals surface area (Å²) in [6, 6.07) is 14.1. The molecule has 0 amide bonds. The molecule has 0 saturated carbocycles. The van der Waals surface area contributed by atoms with E-state index < -0.39 is 0 Å². The van der Waals surface area contributed by atoms with Gasteiger partial charge < -0.3 is 19.9 Å². The van der Waals surface area contributed by atoms with Crippen LogP contribution in [-0.2, 0) is 13.1 Å². The van der Waals surface area contributed by atoms with Crippen LogP contribution in [0.5, 0.6) is 5.88 Å². The van der Waals surface area contributed by atoms with Crippen LogP contribution < -0.4 is 10.1 Å². The van der Waals surface area contributed by atoms with Crippen molar-refractivity contribution in [3.63, 3.8) is 0 Å². The lowest BCUT2D eigenvalue weighted by Gasteiger charge is -2.21. The highest BCUT2D eigenvalue weighted by molar-refractivity contribution is 5.79. The van der Waals surface area contributed by atoms with Crippen LogP contribution >= 0.6 is 0 Å². The Morgan fingerprint density at radius 2 is 2.00 bits per heavy atom. The van der Waals surface area contributed by atoms with Crippen LogP contribution in [0.3, 0.4) is 0 Å². The van der Waals surface area contributed by atoms with Gasteiger partial charge in [-0.05, 0) is 18.6 Å². The number of aromatic amines is 1. The molecule has 0 unspecified atom stereocenters. The normalized spacial score (nSPS) is 11.3. The van der Waals surface area contributed by atoms with Gasteiger partial charge in [-0.2, -0.15) is 0 Å². The van der Waals surface area contributed by atoms with Crippen LogP contribution in [0.2, 0.25) is 0 Å². The van der Waals surface area contributed by atoms with Crippen LogP contribution in [0, 0.1) is 0 Å². The number of ether oxygens (including phenoxy) is 1. The van der Waals surface area contributed by atoms with Gasteiger partial charge in [0, 0.05) is 32.4 Å². The molecule has 2 N–H and O–H groups in total. The second kappa shape index (κ2) is 9.55. The van der Waals surface area contributed by atoms with Gasteiger partial charge in [-0.1, -0.05) is 36.4 Å². The molecule has 28 heavy (non-hydrogen) atoms. The van der Waals surface area contributed by atoms with Crippen LogP contribution in [-0.4, -0.2) is 46.5 Å². The van der Waals surface area contributed by atoms with E-state index in [1.807, 2.05) is 55.4 Å². The minimum absolute atomic E-state index is 0.577. The highest BCUT2D eigenvalue weighted by Gasteiger charge is 2.11. The van der Waals surface area contributed by atoms with Crippen molar-refractivity contribution in [2.24, 2.45) is 4.99 Å². The van der Waals surface area contributed by atoms with Crippen molar-refractivity contribution in [1.29, 1.82) is 0 Å². The molecule has 3 rings (SSSR count). The molecule has 0 aliphatic rings. The molecule has 0 radical (unpaired) electrons. The van der Waals surface area contributed by atoms with E-state index in [9.17, 15) is 0 Å². The number of benzene rings is 1. The Balaban J connectivity index is 1.62. The van der Waals surface area contributed by atoms with Gasteiger partial charge in [-0.25, -0.2) is 9.97 Å². The summed E-state index contributed by atoms with van der Waals surface area (Å²) in [6.07, 6.45) is 3.59. The largest absolute Gasteiger partial charge is 0.478 e. The number of aliphatic imine (C=N–C) groups is 1. The Hall–Kier alpha value is -3.35. The molecule has 0 fully saturated rings. The number of nitrogens with zero attached hydrogens (tertiary/aromatic N) is 4. The zero-order valence-corrected chi connectivity index (χ0v) is 16.5. The minimum Gasteiger partial charge on any atom is -0.478 e. The molecule has 1 aromatic carbocycles. The Labute approximate surface area is 165 Å². The molecule has 0 spiro atoms. The lowest BCUT2D eigenvalue weighted by molar-refractivity contribution is 0.322. The SMILES string of the molecule is CCOc1ncccc1CNC(=NC)N(C)Cc1ncc(-c2ccccc2)[nH]1. The number of nitrogens with one attached hydrogen (secondary N) is 2. The van der Waals surface area contributed by atoms with E-state index in [0.29, 0.717) is 25.6 Å². The zero-order valence-electron chi connectivity index (χ0n) is 16.5. The summed E-state index contributed by atoms with van der Waals surface area (Å²) in [4.78, 5) is 18.5. The predicted molar refractivity (Wildman–Crippen MR) is 111 cm³/mol. The molecule has 7 heteroatoms. The molecule has 3 aromatic rings. The van der Waals surface area contributed by atoms with Crippen molar-refractivity contribution in [3.8, 4) is 17.1 Å². The number of guanidine groups is 1. The molecule has 0 aliphatic carbocycles. The van der Waals surface area contributed by atoms with E-state index >= 15 is 0 Å². The van der Waals surface area contributed by atoms with Crippen LogP contribution in [0.15, 0.2) is 59.9 Å². The Bertz CT molecular complexity index is 906. The van der Waals surface area contributed by atoms with Gasteiger partial charge in [0.2, 0.25) is 5.88 Å². The van der Waals surface area contributed by atoms with Crippen molar-refractivity contribution in [2.75, 3.05) is 20.7 Å². The van der Waals surface area contributed by atoms with Crippen LogP contribution in [0.1, 0.15) is 18.3 Å². The van der Waals surface area contributed by atoms with E-state index in [0.717, 1.165) is 28.6 Å². The zero-order chi connectivity index (χ0) is 19.8. The lowest BCUT2D eigenvalue weighted by Crippen LogP contribution is -2.38. The second-order valence-corrected chi connectivity index (χ2v) is 6.27. The van der Waals surface area contributed by atoms with Gasteiger partial charge in [0.15, 0.2) is 5.96 Å². The van der Waals surface area contributed by atoms with Crippen LogP contribution in [0.25, 0.3) is 11.3 Å². The summed E-state index contributed by atoms with van der Waals surface area (Å²) in [5.74, 6) is 2.29. The molecule has 0 bridgehead atoms. The quantitative estimate of drug-likeness (QED) is 0.488. The van der Waals surface area contributed by atoms with Gasteiger partial charge in [0.25, 0.3) is 0 Å². The predicted octanol–water partition coefficient (Wildman–Crippen LogP) is 3.08. The maximum absolute atomic E-state index is 5.58. The van der Waals surface area contributed by atoms with Gasteiger partial charge in [-0.15, -0.1) is 0 Å². The van der Waals surface area contributed by atoms with Gasteiger partial charge >= 0.3 is 0 Å². The smallest absolute Gasteiger partial charge is 0.218 e. The number of pyridine rings is 1. The third-order valence-corrected chi connectivity index (χ3v) is 4.24. The van der Waals surface area contributed by atoms with Gasteiger partial charge in [-0.3, -0.25) is 4.99 Å². The van der Waals surface area contributed by atoms with E-state index in [1.54, 1.807) is 13.2 Å². The maximum atomic E-state index is 5.58. The first-order chi connectivity index (χ1) is 13.7. The summed E-state index contributed by atoms with van der Waals surface area (Å²) in [6.45, 7) is 3.72.